The molecule has 1 aromatic heterocycles. The third-order valence-electron chi connectivity index (χ3n) is 2.17. The quantitative estimate of drug-likeness (QED) is 0.910. The van der Waals surface area contributed by atoms with Crippen molar-refractivity contribution in [1.82, 2.24) is 4.98 Å². The fourth-order valence-corrected chi connectivity index (χ4v) is 2.09. The SMILES string of the molecule is Cc1csc(NC(=O)Cc2ccccc2F)n1. The molecule has 0 fully saturated rings. The van der Waals surface area contributed by atoms with Gasteiger partial charge in [0.2, 0.25) is 5.91 Å². The highest BCUT2D eigenvalue weighted by atomic mass is 32.1. The molecular weight excluding hydrogens is 239 g/mol. The van der Waals surface area contributed by atoms with Crippen LogP contribution in [0.25, 0.3) is 0 Å². The van der Waals surface area contributed by atoms with Gasteiger partial charge in [0.05, 0.1) is 12.1 Å². The first-order valence-electron chi connectivity index (χ1n) is 5.10. The minimum absolute atomic E-state index is 0.0191. The number of nitrogens with zero attached hydrogens (tertiary/aromatic N) is 1. The van der Waals surface area contributed by atoms with Crippen LogP contribution < -0.4 is 5.32 Å². The first-order chi connectivity index (χ1) is 8.15. The summed E-state index contributed by atoms with van der Waals surface area (Å²) in [6, 6.07) is 6.25. The van der Waals surface area contributed by atoms with Crippen molar-refractivity contribution in [2.24, 2.45) is 0 Å². The maximum Gasteiger partial charge on any atom is 0.230 e. The molecule has 0 atom stereocenters. The average molecular weight is 250 g/mol. The summed E-state index contributed by atoms with van der Waals surface area (Å²) >= 11 is 1.36. The Bertz CT molecular complexity index is 539. The lowest BCUT2D eigenvalue weighted by Crippen LogP contribution is -2.15. The predicted molar refractivity (Wildman–Crippen MR) is 65.6 cm³/mol. The highest BCUT2D eigenvalue weighted by molar-refractivity contribution is 7.13. The van der Waals surface area contributed by atoms with Gasteiger partial charge in [-0.2, -0.15) is 0 Å². The Hall–Kier alpha value is -1.75. The molecule has 2 aromatic rings. The molecule has 0 aliphatic heterocycles. The van der Waals surface area contributed by atoms with Crippen molar-refractivity contribution in [3.63, 3.8) is 0 Å². The third kappa shape index (κ3) is 3.10. The highest BCUT2D eigenvalue weighted by Gasteiger charge is 2.09. The number of rotatable bonds is 3. The summed E-state index contributed by atoms with van der Waals surface area (Å²) in [6.07, 6.45) is 0.0191. The lowest BCUT2D eigenvalue weighted by molar-refractivity contribution is -0.115. The van der Waals surface area contributed by atoms with Crippen LogP contribution in [0.4, 0.5) is 9.52 Å². The van der Waals surface area contributed by atoms with Gasteiger partial charge in [0.1, 0.15) is 5.82 Å². The first kappa shape index (κ1) is 11.7. The molecule has 0 spiro atoms. The second-order valence-corrected chi connectivity index (χ2v) is 4.47. The Morgan fingerprint density at radius 2 is 2.24 bits per heavy atom. The normalized spacial score (nSPS) is 10.2. The van der Waals surface area contributed by atoms with Gasteiger partial charge in [0.25, 0.3) is 0 Å². The molecule has 2 rings (SSSR count). The Morgan fingerprint density at radius 3 is 2.88 bits per heavy atom. The Balaban J connectivity index is 2.01. The van der Waals surface area contributed by atoms with Crippen LogP contribution in [0.5, 0.6) is 0 Å². The summed E-state index contributed by atoms with van der Waals surface area (Å²) in [5.74, 6) is -0.623. The van der Waals surface area contributed by atoms with Gasteiger partial charge < -0.3 is 5.32 Å². The van der Waals surface area contributed by atoms with Crippen molar-refractivity contribution >= 4 is 22.4 Å². The van der Waals surface area contributed by atoms with Gasteiger partial charge in [-0.05, 0) is 18.6 Å². The molecule has 0 saturated heterocycles. The van der Waals surface area contributed by atoms with Crippen LogP contribution in [-0.4, -0.2) is 10.9 Å². The molecule has 0 aliphatic carbocycles. The Morgan fingerprint density at radius 1 is 1.47 bits per heavy atom. The van der Waals surface area contributed by atoms with Crippen LogP contribution in [0, 0.1) is 12.7 Å². The molecule has 17 heavy (non-hydrogen) atoms. The van der Waals surface area contributed by atoms with Gasteiger partial charge in [0.15, 0.2) is 5.13 Å². The van der Waals surface area contributed by atoms with Crippen LogP contribution in [0.3, 0.4) is 0 Å². The first-order valence-corrected chi connectivity index (χ1v) is 5.98. The molecule has 0 aliphatic rings. The van der Waals surface area contributed by atoms with E-state index in [9.17, 15) is 9.18 Å². The Kier molecular flexibility index (Phi) is 3.49. The summed E-state index contributed by atoms with van der Waals surface area (Å²) in [4.78, 5) is 15.7. The number of hydrogen-bond donors (Lipinski definition) is 1. The van der Waals surface area contributed by atoms with Crippen LogP contribution in [-0.2, 0) is 11.2 Å². The van der Waals surface area contributed by atoms with E-state index in [1.807, 2.05) is 12.3 Å². The van der Waals surface area contributed by atoms with E-state index in [0.29, 0.717) is 10.7 Å². The fourth-order valence-electron chi connectivity index (χ4n) is 1.39. The van der Waals surface area contributed by atoms with E-state index in [-0.39, 0.29) is 18.1 Å². The Labute approximate surface area is 102 Å². The van der Waals surface area contributed by atoms with E-state index >= 15 is 0 Å². The smallest absolute Gasteiger partial charge is 0.230 e. The van der Waals surface area contributed by atoms with Gasteiger partial charge in [0, 0.05) is 5.38 Å². The number of nitrogens with one attached hydrogen (secondary N) is 1. The summed E-state index contributed by atoms with van der Waals surface area (Å²) in [6.45, 7) is 1.85. The number of amides is 1. The molecule has 0 saturated carbocycles. The van der Waals surface area contributed by atoms with Gasteiger partial charge in [-0.25, -0.2) is 9.37 Å². The maximum atomic E-state index is 13.3. The van der Waals surface area contributed by atoms with E-state index < -0.39 is 0 Å². The number of carbonyl (C=O) groups excluding carboxylic acids is 1. The van der Waals surface area contributed by atoms with Crippen molar-refractivity contribution in [3.05, 3.63) is 46.7 Å². The number of aryl methyl sites for hydroxylation is 1. The zero-order valence-corrected chi connectivity index (χ0v) is 10.1. The topological polar surface area (TPSA) is 42.0 Å². The molecule has 0 unspecified atom stereocenters. The van der Waals surface area contributed by atoms with Crippen LogP contribution >= 0.6 is 11.3 Å². The molecular formula is C12H11FN2OS. The summed E-state index contributed by atoms with van der Waals surface area (Å²) in [5.41, 5.74) is 1.24. The minimum atomic E-state index is -0.363. The highest BCUT2D eigenvalue weighted by Crippen LogP contribution is 2.15. The molecule has 1 aromatic carbocycles. The van der Waals surface area contributed by atoms with E-state index in [1.54, 1.807) is 18.2 Å². The number of thiazole rings is 1. The van der Waals surface area contributed by atoms with Crippen LogP contribution in [0.15, 0.2) is 29.6 Å². The van der Waals surface area contributed by atoms with Gasteiger partial charge in [-0.1, -0.05) is 18.2 Å². The number of benzene rings is 1. The van der Waals surface area contributed by atoms with Crippen molar-refractivity contribution in [2.75, 3.05) is 5.32 Å². The predicted octanol–water partition coefficient (Wildman–Crippen LogP) is 2.77. The average Bonchev–Trinajstić information content (AvgIpc) is 2.67. The number of carbonyl (C=O) groups is 1. The van der Waals surface area contributed by atoms with E-state index in [2.05, 4.69) is 10.3 Å². The number of aromatic nitrogens is 1. The van der Waals surface area contributed by atoms with E-state index in [4.69, 9.17) is 0 Å². The maximum absolute atomic E-state index is 13.3. The monoisotopic (exact) mass is 250 g/mol. The lowest BCUT2D eigenvalue weighted by atomic mass is 10.1. The number of halogens is 1. The molecule has 1 amide bonds. The number of anilines is 1. The molecule has 88 valence electrons. The zero-order chi connectivity index (χ0) is 12.3. The second kappa shape index (κ2) is 5.05. The molecule has 3 nitrogen and oxygen atoms in total. The lowest BCUT2D eigenvalue weighted by Gasteiger charge is -2.02. The molecule has 1 heterocycles. The second-order valence-electron chi connectivity index (χ2n) is 3.61. The van der Waals surface area contributed by atoms with E-state index in [0.717, 1.165) is 5.69 Å². The van der Waals surface area contributed by atoms with Gasteiger partial charge in [-0.3, -0.25) is 4.79 Å². The van der Waals surface area contributed by atoms with Crippen molar-refractivity contribution < 1.29 is 9.18 Å². The fraction of sp³-hybridized carbons (Fsp3) is 0.167. The van der Waals surface area contributed by atoms with Gasteiger partial charge >= 0.3 is 0 Å². The molecule has 0 radical (unpaired) electrons. The van der Waals surface area contributed by atoms with E-state index in [1.165, 1.54) is 17.4 Å². The van der Waals surface area contributed by atoms with Crippen LogP contribution in [0.2, 0.25) is 0 Å². The van der Waals surface area contributed by atoms with Crippen molar-refractivity contribution in [2.45, 2.75) is 13.3 Å². The summed E-state index contributed by atoms with van der Waals surface area (Å²) in [7, 11) is 0. The summed E-state index contributed by atoms with van der Waals surface area (Å²) in [5, 5.41) is 5.03. The molecule has 1 N–H and O–H groups in total. The standard InChI is InChI=1S/C12H11FN2OS/c1-8-7-17-12(14-8)15-11(16)6-9-4-2-3-5-10(9)13/h2-5,7H,6H2,1H3,(H,14,15,16). The van der Waals surface area contributed by atoms with Crippen LogP contribution in [0.1, 0.15) is 11.3 Å². The third-order valence-corrected chi connectivity index (χ3v) is 3.05. The molecule has 0 bridgehead atoms. The minimum Gasteiger partial charge on any atom is -0.302 e. The van der Waals surface area contributed by atoms with Gasteiger partial charge in [-0.15, -0.1) is 11.3 Å². The van der Waals surface area contributed by atoms with Crippen molar-refractivity contribution in [3.8, 4) is 0 Å². The van der Waals surface area contributed by atoms with Crippen molar-refractivity contribution in [1.29, 1.82) is 0 Å². The molecule has 5 heteroatoms. The zero-order valence-electron chi connectivity index (χ0n) is 9.24. The number of hydrogen-bond acceptors (Lipinski definition) is 3. The largest absolute Gasteiger partial charge is 0.302 e. The summed E-state index contributed by atoms with van der Waals surface area (Å²) < 4.78 is 13.3.